The number of carbonyl (C=O) groups excluding carboxylic acids is 1. The number of hydrogen-bond donors (Lipinski definition) is 1. The first-order chi connectivity index (χ1) is 13.7. The largest absolute Gasteiger partial charge is 0.347 e. The Labute approximate surface area is 162 Å². The minimum Gasteiger partial charge on any atom is -0.316 e. The molecule has 7 nitrogen and oxygen atoms in total. The molecule has 1 aromatic carbocycles. The van der Waals surface area contributed by atoms with Crippen LogP contribution in [0.3, 0.4) is 0 Å². The molecule has 0 saturated heterocycles. The third-order valence-corrected chi connectivity index (χ3v) is 4.62. The summed E-state index contributed by atoms with van der Waals surface area (Å²) in [6.45, 7) is 0.888. The van der Waals surface area contributed by atoms with E-state index >= 15 is 0 Å². The third kappa shape index (κ3) is 4.43. The smallest absolute Gasteiger partial charge is 0.316 e. The minimum atomic E-state index is -0.299. The summed E-state index contributed by atoms with van der Waals surface area (Å²) in [6.07, 6.45) is 6.95. The number of nitrogens with zero attached hydrogens (tertiary/aromatic N) is 4. The van der Waals surface area contributed by atoms with Crippen LogP contribution in [-0.4, -0.2) is 31.5 Å². The molecule has 3 aromatic rings. The van der Waals surface area contributed by atoms with Crippen LogP contribution in [0.15, 0.2) is 71.9 Å². The number of benzene rings is 1. The predicted octanol–water partition coefficient (Wildman–Crippen LogP) is 2.88. The summed E-state index contributed by atoms with van der Waals surface area (Å²) in [5, 5.41) is 2.98. The molecule has 142 valence electrons. The van der Waals surface area contributed by atoms with Gasteiger partial charge in [0, 0.05) is 30.3 Å². The molecular weight excluding hydrogens is 354 g/mol. The van der Waals surface area contributed by atoms with Gasteiger partial charge in [-0.25, -0.2) is 14.6 Å². The summed E-state index contributed by atoms with van der Waals surface area (Å²) in [5.41, 5.74) is 2.18. The number of rotatable bonds is 6. The highest BCUT2D eigenvalue weighted by molar-refractivity contribution is 5.89. The van der Waals surface area contributed by atoms with Crippen LogP contribution in [0.5, 0.6) is 0 Å². The number of urea groups is 1. The van der Waals surface area contributed by atoms with Gasteiger partial charge in [-0.2, -0.15) is 0 Å². The van der Waals surface area contributed by atoms with Crippen LogP contribution in [0.2, 0.25) is 0 Å². The van der Waals surface area contributed by atoms with Crippen LogP contribution in [-0.2, 0) is 13.1 Å². The lowest BCUT2D eigenvalue weighted by atomic mass is 10.2. The van der Waals surface area contributed by atoms with Gasteiger partial charge in [0.05, 0.1) is 18.8 Å². The molecule has 0 atom stereocenters. The summed E-state index contributed by atoms with van der Waals surface area (Å²) in [5.74, 6) is 0. The van der Waals surface area contributed by atoms with Crippen LogP contribution in [0.25, 0.3) is 0 Å². The van der Waals surface area contributed by atoms with E-state index in [4.69, 9.17) is 0 Å². The van der Waals surface area contributed by atoms with Gasteiger partial charge < -0.3 is 10.2 Å². The van der Waals surface area contributed by atoms with Crippen LogP contribution < -0.4 is 11.0 Å². The summed E-state index contributed by atoms with van der Waals surface area (Å²) in [6, 6.07) is 15.1. The SMILES string of the molecule is O=C(Nc1cccc(Cn2cccnc2=O)c1)N(Cc1ccccn1)C1CC1. The minimum absolute atomic E-state index is 0.135. The van der Waals surface area contributed by atoms with Crippen LogP contribution >= 0.6 is 0 Å². The second kappa shape index (κ2) is 8.04. The number of nitrogens with one attached hydrogen (secondary N) is 1. The van der Waals surface area contributed by atoms with Crippen molar-refractivity contribution in [2.75, 3.05) is 5.32 Å². The molecule has 1 N–H and O–H groups in total. The first kappa shape index (κ1) is 17.9. The van der Waals surface area contributed by atoms with E-state index in [1.165, 1.54) is 10.8 Å². The van der Waals surface area contributed by atoms with Crippen molar-refractivity contribution in [3.8, 4) is 0 Å². The highest BCUT2D eigenvalue weighted by atomic mass is 16.2. The number of pyridine rings is 1. The summed E-state index contributed by atoms with van der Waals surface area (Å²) in [4.78, 5) is 34.6. The Morgan fingerprint density at radius 2 is 1.96 bits per heavy atom. The maximum atomic E-state index is 12.8. The number of carbonyl (C=O) groups is 1. The van der Waals surface area contributed by atoms with Crippen molar-refractivity contribution in [2.45, 2.75) is 32.0 Å². The third-order valence-electron chi connectivity index (χ3n) is 4.62. The van der Waals surface area contributed by atoms with Gasteiger partial charge in [0.2, 0.25) is 0 Å². The van der Waals surface area contributed by atoms with Gasteiger partial charge in [-0.1, -0.05) is 18.2 Å². The zero-order chi connectivity index (χ0) is 19.3. The molecule has 1 aliphatic carbocycles. The van der Waals surface area contributed by atoms with E-state index < -0.39 is 0 Å². The molecule has 0 spiro atoms. The van der Waals surface area contributed by atoms with E-state index in [0.29, 0.717) is 18.8 Å². The number of hydrogen-bond acceptors (Lipinski definition) is 4. The highest BCUT2D eigenvalue weighted by Crippen LogP contribution is 2.28. The Balaban J connectivity index is 1.46. The van der Waals surface area contributed by atoms with Crippen molar-refractivity contribution in [1.29, 1.82) is 0 Å². The van der Waals surface area contributed by atoms with E-state index in [9.17, 15) is 9.59 Å². The standard InChI is InChI=1S/C21H21N5O2/c27-20-23-11-4-12-25(20)14-16-5-3-7-17(13-16)24-21(28)26(19-8-9-19)15-18-6-1-2-10-22-18/h1-7,10-13,19H,8-9,14-15H2,(H,24,28). The maximum absolute atomic E-state index is 12.8. The highest BCUT2D eigenvalue weighted by Gasteiger charge is 2.32. The molecule has 28 heavy (non-hydrogen) atoms. The van der Waals surface area contributed by atoms with Gasteiger partial charge in [-0.3, -0.25) is 9.55 Å². The van der Waals surface area contributed by atoms with E-state index in [0.717, 1.165) is 24.1 Å². The normalized spacial score (nSPS) is 13.1. The van der Waals surface area contributed by atoms with Gasteiger partial charge in [0.15, 0.2) is 0 Å². The molecule has 7 heteroatoms. The quantitative estimate of drug-likeness (QED) is 0.718. The monoisotopic (exact) mass is 375 g/mol. The molecule has 2 amide bonds. The van der Waals surface area contributed by atoms with Crippen molar-refractivity contribution in [2.24, 2.45) is 0 Å². The average Bonchev–Trinajstić information content (AvgIpc) is 3.54. The zero-order valence-electron chi connectivity index (χ0n) is 15.4. The fraction of sp³-hybridized carbons (Fsp3) is 0.238. The summed E-state index contributed by atoms with van der Waals surface area (Å²) in [7, 11) is 0. The van der Waals surface area contributed by atoms with Crippen molar-refractivity contribution < 1.29 is 4.79 Å². The topological polar surface area (TPSA) is 80.1 Å². The lowest BCUT2D eigenvalue weighted by molar-refractivity contribution is 0.205. The number of anilines is 1. The fourth-order valence-corrected chi connectivity index (χ4v) is 3.07. The molecule has 1 fully saturated rings. The molecule has 0 bridgehead atoms. The zero-order valence-corrected chi connectivity index (χ0v) is 15.4. The molecule has 2 heterocycles. The second-order valence-corrected chi connectivity index (χ2v) is 6.84. The molecular formula is C21H21N5O2. The van der Waals surface area contributed by atoms with Crippen molar-refractivity contribution in [1.82, 2.24) is 19.4 Å². The van der Waals surface area contributed by atoms with E-state index in [1.54, 1.807) is 18.5 Å². The van der Waals surface area contributed by atoms with Crippen molar-refractivity contribution in [3.63, 3.8) is 0 Å². The van der Waals surface area contributed by atoms with Gasteiger partial charge in [-0.05, 0) is 48.7 Å². The molecule has 1 aliphatic rings. The van der Waals surface area contributed by atoms with E-state index in [1.807, 2.05) is 47.4 Å². The summed E-state index contributed by atoms with van der Waals surface area (Å²) < 4.78 is 1.53. The van der Waals surface area contributed by atoms with Crippen molar-refractivity contribution in [3.05, 3.63) is 88.9 Å². The first-order valence-corrected chi connectivity index (χ1v) is 9.27. The Kier molecular flexibility index (Phi) is 5.14. The Bertz CT molecular complexity index is 1010. The Morgan fingerprint density at radius 1 is 1.11 bits per heavy atom. The van der Waals surface area contributed by atoms with E-state index in [2.05, 4.69) is 15.3 Å². The first-order valence-electron chi connectivity index (χ1n) is 9.27. The lowest BCUT2D eigenvalue weighted by Crippen LogP contribution is -2.36. The average molecular weight is 375 g/mol. The van der Waals surface area contributed by atoms with Gasteiger partial charge in [0.1, 0.15) is 0 Å². The molecule has 2 aromatic heterocycles. The molecule has 4 rings (SSSR count). The fourth-order valence-electron chi connectivity index (χ4n) is 3.07. The van der Waals surface area contributed by atoms with Gasteiger partial charge in [-0.15, -0.1) is 0 Å². The number of aromatic nitrogens is 3. The van der Waals surface area contributed by atoms with Crippen molar-refractivity contribution >= 4 is 11.7 Å². The molecule has 0 aliphatic heterocycles. The van der Waals surface area contributed by atoms with Crippen LogP contribution in [0.4, 0.5) is 10.5 Å². The Hall–Kier alpha value is -3.48. The molecule has 0 radical (unpaired) electrons. The van der Waals surface area contributed by atoms with Crippen LogP contribution in [0.1, 0.15) is 24.1 Å². The van der Waals surface area contributed by atoms with E-state index in [-0.39, 0.29) is 17.8 Å². The maximum Gasteiger partial charge on any atom is 0.347 e. The number of amides is 2. The van der Waals surface area contributed by atoms with Gasteiger partial charge in [0.25, 0.3) is 0 Å². The molecule has 1 saturated carbocycles. The Morgan fingerprint density at radius 3 is 2.71 bits per heavy atom. The summed E-state index contributed by atoms with van der Waals surface area (Å²) >= 11 is 0. The predicted molar refractivity (Wildman–Crippen MR) is 106 cm³/mol. The second-order valence-electron chi connectivity index (χ2n) is 6.84. The van der Waals surface area contributed by atoms with Crippen LogP contribution in [0, 0.1) is 0 Å². The van der Waals surface area contributed by atoms with Gasteiger partial charge >= 0.3 is 11.7 Å². The molecule has 0 unspecified atom stereocenters. The lowest BCUT2D eigenvalue weighted by Gasteiger charge is -2.22.